The molecule has 102 valence electrons. The Bertz CT molecular complexity index is 479. The molecule has 1 saturated carbocycles. The molecular formula is C13H18N4OS. The van der Waals surface area contributed by atoms with Crippen LogP contribution in [0.15, 0.2) is 12.3 Å². The van der Waals surface area contributed by atoms with E-state index in [1.54, 1.807) is 6.20 Å². The number of rotatable bonds is 2. The lowest BCUT2D eigenvalue weighted by Crippen LogP contribution is -2.53. The van der Waals surface area contributed by atoms with Crippen LogP contribution in [0.1, 0.15) is 31.2 Å². The zero-order valence-corrected chi connectivity index (χ0v) is 11.6. The van der Waals surface area contributed by atoms with Crippen LogP contribution < -0.4 is 10.6 Å². The van der Waals surface area contributed by atoms with Gasteiger partial charge in [-0.05, 0) is 18.9 Å². The average molecular weight is 278 g/mol. The molecule has 2 aliphatic rings. The van der Waals surface area contributed by atoms with E-state index < -0.39 is 0 Å². The summed E-state index contributed by atoms with van der Waals surface area (Å²) in [5.41, 5.74) is 6.61. The van der Waals surface area contributed by atoms with Crippen molar-refractivity contribution < 1.29 is 4.74 Å². The van der Waals surface area contributed by atoms with Gasteiger partial charge in [-0.15, -0.1) is 5.10 Å². The molecule has 19 heavy (non-hydrogen) atoms. The molecule has 0 amide bonds. The van der Waals surface area contributed by atoms with E-state index >= 15 is 0 Å². The summed E-state index contributed by atoms with van der Waals surface area (Å²) in [7, 11) is 0. The lowest BCUT2D eigenvalue weighted by molar-refractivity contribution is -0.00905. The molecule has 5 nitrogen and oxygen atoms in total. The Hall–Kier alpha value is -1.27. The summed E-state index contributed by atoms with van der Waals surface area (Å²) in [5.74, 6) is 0.815. The number of hydrogen-bond acceptors (Lipinski definition) is 5. The van der Waals surface area contributed by atoms with Crippen molar-refractivity contribution in [3.05, 3.63) is 17.8 Å². The van der Waals surface area contributed by atoms with Gasteiger partial charge in [0, 0.05) is 6.54 Å². The van der Waals surface area contributed by atoms with Crippen LogP contribution in [0.2, 0.25) is 0 Å². The SMILES string of the molecule is NC(=S)c1ccnnc1N1CCOC2CCCCC21. The highest BCUT2D eigenvalue weighted by atomic mass is 32.1. The zero-order valence-electron chi connectivity index (χ0n) is 10.8. The average Bonchev–Trinajstić information content (AvgIpc) is 2.46. The molecule has 2 atom stereocenters. The van der Waals surface area contributed by atoms with Gasteiger partial charge in [-0.25, -0.2) is 0 Å². The summed E-state index contributed by atoms with van der Waals surface area (Å²) < 4.78 is 5.88. The number of aromatic nitrogens is 2. The van der Waals surface area contributed by atoms with Crippen LogP contribution in [0.3, 0.4) is 0 Å². The van der Waals surface area contributed by atoms with E-state index in [0.29, 0.717) is 17.1 Å². The van der Waals surface area contributed by atoms with Crippen LogP contribution in [-0.4, -0.2) is 40.5 Å². The van der Waals surface area contributed by atoms with Crippen molar-refractivity contribution in [2.45, 2.75) is 37.8 Å². The highest BCUT2D eigenvalue weighted by Crippen LogP contribution is 2.32. The number of anilines is 1. The Balaban J connectivity index is 1.94. The summed E-state index contributed by atoms with van der Waals surface area (Å²) in [6.07, 6.45) is 6.70. The fourth-order valence-corrected chi connectivity index (χ4v) is 3.25. The Labute approximate surface area is 118 Å². The van der Waals surface area contributed by atoms with Gasteiger partial charge in [0.1, 0.15) is 4.99 Å². The van der Waals surface area contributed by atoms with Crippen molar-refractivity contribution in [1.29, 1.82) is 0 Å². The Morgan fingerprint density at radius 3 is 3.11 bits per heavy atom. The third-order valence-electron chi connectivity index (χ3n) is 3.97. The summed E-state index contributed by atoms with van der Waals surface area (Å²) in [6, 6.07) is 2.23. The number of hydrogen-bond donors (Lipinski definition) is 1. The molecule has 1 saturated heterocycles. The van der Waals surface area contributed by atoms with Crippen LogP contribution in [0, 0.1) is 0 Å². The van der Waals surface area contributed by atoms with Crippen LogP contribution in [0.4, 0.5) is 5.82 Å². The van der Waals surface area contributed by atoms with Crippen molar-refractivity contribution in [1.82, 2.24) is 10.2 Å². The molecule has 2 fully saturated rings. The molecule has 1 aromatic rings. The second-order valence-electron chi connectivity index (χ2n) is 5.09. The minimum absolute atomic E-state index is 0.309. The molecule has 6 heteroatoms. The number of nitrogens with two attached hydrogens (primary N) is 1. The number of ether oxygens (including phenoxy) is 1. The highest BCUT2D eigenvalue weighted by Gasteiger charge is 2.36. The summed E-state index contributed by atoms with van der Waals surface area (Å²) in [5, 5.41) is 8.26. The molecule has 0 spiro atoms. The molecule has 1 aromatic heterocycles. The summed E-state index contributed by atoms with van der Waals surface area (Å²) >= 11 is 5.12. The first kappa shape index (κ1) is 12.7. The smallest absolute Gasteiger partial charge is 0.161 e. The lowest BCUT2D eigenvalue weighted by Gasteiger charge is -2.44. The molecule has 0 bridgehead atoms. The van der Waals surface area contributed by atoms with E-state index in [-0.39, 0.29) is 0 Å². The maximum absolute atomic E-state index is 5.88. The summed E-state index contributed by atoms with van der Waals surface area (Å²) in [4.78, 5) is 2.67. The molecular weight excluding hydrogens is 260 g/mol. The predicted molar refractivity (Wildman–Crippen MR) is 77.3 cm³/mol. The van der Waals surface area contributed by atoms with Crippen LogP contribution >= 0.6 is 12.2 Å². The maximum atomic E-state index is 5.88. The lowest BCUT2D eigenvalue weighted by atomic mass is 9.90. The Morgan fingerprint density at radius 2 is 2.26 bits per heavy atom. The second kappa shape index (κ2) is 5.38. The first-order valence-electron chi connectivity index (χ1n) is 6.77. The third-order valence-corrected chi connectivity index (χ3v) is 4.19. The van der Waals surface area contributed by atoms with Gasteiger partial charge >= 0.3 is 0 Å². The monoisotopic (exact) mass is 278 g/mol. The zero-order chi connectivity index (χ0) is 13.2. The predicted octanol–water partition coefficient (Wildman–Crippen LogP) is 1.26. The molecule has 0 aromatic carbocycles. The van der Waals surface area contributed by atoms with Crippen LogP contribution in [0.25, 0.3) is 0 Å². The first-order chi connectivity index (χ1) is 9.27. The Morgan fingerprint density at radius 1 is 1.42 bits per heavy atom. The molecule has 1 aliphatic heterocycles. The van der Waals surface area contributed by atoms with E-state index in [9.17, 15) is 0 Å². The van der Waals surface area contributed by atoms with E-state index in [2.05, 4.69) is 15.1 Å². The molecule has 2 N–H and O–H groups in total. The van der Waals surface area contributed by atoms with Gasteiger partial charge < -0.3 is 15.4 Å². The van der Waals surface area contributed by atoms with Gasteiger partial charge in [0.15, 0.2) is 5.82 Å². The van der Waals surface area contributed by atoms with Gasteiger partial charge in [0.05, 0.1) is 30.5 Å². The second-order valence-corrected chi connectivity index (χ2v) is 5.53. The normalized spacial score (nSPS) is 26.8. The van der Waals surface area contributed by atoms with Crippen LogP contribution in [0.5, 0.6) is 0 Å². The molecule has 0 radical (unpaired) electrons. The number of morpholine rings is 1. The maximum Gasteiger partial charge on any atom is 0.161 e. The van der Waals surface area contributed by atoms with Gasteiger partial charge in [-0.3, -0.25) is 0 Å². The van der Waals surface area contributed by atoms with Crippen molar-refractivity contribution in [2.75, 3.05) is 18.1 Å². The minimum atomic E-state index is 0.309. The van der Waals surface area contributed by atoms with Gasteiger partial charge in [-0.1, -0.05) is 25.1 Å². The quantitative estimate of drug-likeness (QED) is 0.822. The topological polar surface area (TPSA) is 64.3 Å². The fourth-order valence-electron chi connectivity index (χ4n) is 3.09. The third kappa shape index (κ3) is 2.42. The van der Waals surface area contributed by atoms with E-state index in [0.717, 1.165) is 37.4 Å². The van der Waals surface area contributed by atoms with Gasteiger partial charge in [-0.2, -0.15) is 5.10 Å². The first-order valence-corrected chi connectivity index (χ1v) is 7.18. The fraction of sp³-hybridized carbons (Fsp3) is 0.615. The van der Waals surface area contributed by atoms with E-state index in [1.165, 1.54) is 12.8 Å². The van der Waals surface area contributed by atoms with Gasteiger partial charge in [0.2, 0.25) is 0 Å². The van der Waals surface area contributed by atoms with Crippen LogP contribution in [-0.2, 0) is 4.74 Å². The number of thiocarbonyl (C=S) groups is 1. The van der Waals surface area contributed by atoms with Crippen molar-refractivity contribution in [3.63, 3.8) is 0 Å². The standard InChI is InChI=1S/C13H18N4OS/c14-12(19)9-5-6-15-16-13(9)17-7-8-18-11-4-2-1-3-10(11)17/h5-6,10-11H,1-4,7-8H2,(H2,14,19). The van der Waals surface area contributed by atoms with Gasteiger partial charge in [0.25, 0.3) is 0 Å². The largest absolute Gasteiger partial charge is 0.389 e. The molecule has 1 aliphatic carbocycles. The van der Waals surface area contributed by atoms with Crippen molar-refractivity contribution in [2.24, 2.45) is 5.73 Å². The summed E-state index contributed by atoms with van der Waals surface area (Å²) in [6.45, 7) is 1.56. The molecule has 2 unspecified atom stereocenters. The molecule has 2 heterocycles. The van der Waals surface area contributed by atoms with E-state index in [1.807, 2.05) is 6.07 Å². The van der Waals surface area contributed by atoms with Crippen molar-refractivity contribution in [3.8, 4) is 0 Å². The molecule has 3 rings (SSSR count). The number of nitrogens with zero attached hydrogens (tertiary/aromatic N) is 3. The number of fused-ring (bicyclic) bond motifs is 1. The Kier molecular flexibility index (Phi) is 3.61. The van der Waals surface area contributed by atoms with E-state index in [4.69, 9.17) is 22.7 Å². The minimum Gasteiger partial charge on any atom is -0.389 e. The van der Waals surface area contributed by atoms with Crippen molar-refractivity contribution >= 4 is 23.0 Å². The highest BCUT2D eigenvalue weighted by molar-refractivity contribution is 7.80.